The number of benzene rings is 2. The van der Waals surface area contributed by atoms with Crippen molar-refractivity contribution in [3.8, 4) is 5.75 Å². The topological polar surface area (TPSA) is 38.3 Å². The second-order valence-corrected chi connectivity index (χ2v) is 6.79. The van der Waals surface area contributed by atoms with Crippen molar-refractivity contribution in [3.05, 3.63) is 57.6 Å². The van der Waals surface area contributed by atoms with Crippen molar-refractivity contribution in [3.63, 3.8) is 0 Å². The maximum absolute atomic E-state index is 12.1. The molecule has 0 radical (unpaired) electrons. The van der Waals surface area contributed by atoms with Gasteiger partial charge in [0.15, 0.2) is 0 Å². The zero-order chi connectivity index (χ0) is 16.8. The van der Waals surface area contributed by atoms with Gasteiger partial charge in [-0.3, -0.25) is 4.79 Å². The summed E-state index contributed by atoms with van der Waals surface area (Å²) in [4.78, 5) is 12.1. The molecule has 3 nitrogen and oxygen atoms in total. The highest BCUT2D eigenvalue weighted by molar-refractivity contribution is 7.99. The van der Waals surface area contributed by atoms with Crippen LogP contribution in [0.15, 0.2) is 36.4 Å². The minimum absolute atomic E-state index is 0.0704. The summed E-state index contributed by atoms with van der Waals surface area (Å²) in [6.45, 7) is 1.97. The third-order valence-corrected chi connectivity index (χ3v) is 4.86. The van der Waals surface area contributed by atoms with Gasteiger partial charge in [0.2, 0.25) is 5.91 Å². The van der Waals surface area contributed by atoms with Crippen LogP contribution in [-0.4, -0.2) is 18.8 Å². The number of rotatable bonds is 6. The Morgan fingerprint density at radius 3 is 2.65 bits per heavy atom. The zero-order valence-electron chi connectivity index (χ0n) is 12.9. The lowest BCUT2D eigenvalue weighted by Crippen LogP contribution is -2.15. The van der Waals surface area contributed by atoms with E-state index in [1.54, 1.807) is 13.2 Å². The first-order chi connectivity index (χ1) is 11.0. The predicted octanol–water partition coefficient (Wildman–Crippen LogP) is 5.18. The Morgan fingerprint density at radius 1 is 1.17 bits per heavy atom. The number of methoxy groups -OCH3 is 1. The van der Waals surface area contributed by atoms with E-state index in [2.05, 4.69) is 5.32 Å². The lowest BCUT2D eigenvalue weighted by atomic mass is 10.2. The molecule has 0 aliphatic rings. The van der Waals surface area contributed by atoms with E-state index in [-0.39, 0.29) is 5.91 Å². The van der Waals surface area contributed by atoms with Gasteiger partial charge in [-0.1, -0.05) is 35.3 Å². The van der Waals surface area contributed by atoms with E-state index in [0.29, 0.717) is 33.0 Å². The molecule has 23 heavy (non-hydrogen) atoms. The first-order valence-corrected chi connectivity index (χ1v) is 8.87. The van der Waals surface area contributed by atoms with E-state index in [4.69, 9.17) is 27.9 Å². The largest absolute Gasteiger partial charge is 0.495 e. The summed E-state index contributed by atoms with van der Waals surface area (Å²) < 4.78 is 5.25. The quantitative estimate of drug-likeness (QED) is 0.761. The normalized spacial score (nSPS) is 10.4. The Kier molecular flexibility index (Phi) is 6.63. The van der Waals surface area contributed by atoms with E-state index in [1.165, 1.54) is 11.8 Å². The fraction of sp³-hybridized carbons (Fsp3) is 0.235. The van der Waals surface area contributed by atoms with Crippen molar-refractivity contribution in [1.29, 1.82) is 0 Å². The van der Waals surface area contributed by atoms with E-state index < -0.39 is 0 Å². The first-order valence-electron chi connectivity index (χ1n) is 6.95. The monoisotopic (exact) mass is 369 g/mol. The molecule has 1 N–H and O–H groups in total. The van der Waals surface area contributed by atoms with Gasteiger partial charge in [-0.2, -0.15) is 0 Å². The van der Waals surface area contributed by atoms with Crippen molar-refractivity contribution < 1.29 is 9.53 Å². The summed E-state index contributed by atoms with van der Waals surface area (Å²) in [5, 5.41) is 3.94. The summed E-state index contributed by atoms with van der Waals surface area (Å²) >= 11 is 13.4. The summed E-state index contributed by atoms with van der Waals surface area (Å²) in [5.74, 6) is 1.62. The average molecular weight is 370 g/mol. The number of hydrogen-bond acceptors (Lipinski definition) is 3. The Labute approximate surface area is 150 Å². The maximum atomic E-state index is 12.1. The van der Waals surface area contributed by atoms with Gasteiger partial charge in [0.1, 0.15) is 5.75 Å². The van der Waals surface area contributed by atoms with Crippen LogP contribution in [0.3, 0.4) is 0 Å². The molecule has 2 aromatic carbocycles. The third-order valence-electron chi connectivity index (χ3n) is 3.11. The highest BCUT2D eigenvalue weighted by Crippen LogP contribution is 2.26. The fourth-order valence-electron chi connectivity index (χ4n) is 2.00. The Bertz CT molecular complexity index is 707. The number of ether oxygens (including phenoxy) is 1. The number of halogens is 2. The van der Waals surface area contributed by atoms with Gasteiger partial charge in [0.05, 0.1) is 28.6 Å². The van der Waals surface area contributed by atoms with Gasteiger partial charge in [-0.15, -0.1) is 11.8 Å². The molecular weight excluding hydrogens is 353 g/mol. The highest BCUT2D eigenvalue weighted by atomic mass is 35.5. The van der Waals surface area contributed by atoms with Crippen LogP contribution in [-0.2, 0) is 10.5 Å². The Hall–Kier alpha value is -1.36. The second-order valence-electron chi connectivity index (χ2n) is 4.99. The van der Waals surface area contributed by atoms with Crippen LogP contribution in [0.5, 0.6) is 5.75 Å². The van der Waals surface area contributed by atoms with E-state index in [9.17, 15) is 4.79 Å². The fourth-order valence-corrected chi connectivity index (χ4v) is 3.09. The molecule has 0 saturated heterocycles. The second kappa shape index (κ2) is 8.48. The molecule has 0 fully saturated rings. The zero-order valence-corrected chi connectivity index (χ0v) is 15.2. The number of aryl methyl sites for hydroxylation is 1. The molecule has 0 aliphatic carbocycles. The number of anilines is 1. The van der Waals surface area contributed by atoms with Gasteiger partial charge in [-0.05, 0) is 42.3 Å². The smallest absolute Gasteiger partial charge is 0.234 e. The lowest BCUT2D eigenvalue weighted by molar-refractivity contribution is -0.113. The summed E-state index contributed by atoms with van der Waals surface area (Å²) in [5.41, 5.74) is 2.78. The van der Waals surface area contributed by atoms with Crippen molar-refractivity contribution in [2.45, 2.75) is 12.7 Å². The predicted molar refractivity (Wildman–Crippen MR) is 99.0 cm³/mol. The van der Waals surface area contributed by atoms with Gasteiger partial charge >= 0.3 is 0 Å². The molecule has 2 rings (SSSR count). The van der Waals surface area contributed by atoms with Crippen molar-refractivity contribution in [2.24, 2.45) is 0 Å². The molecule has 0 aromatic heterocycles. The standard InChI is InChI=1S/C17H17Cl2NO2S/c1-11-3-6-16(22-2)15(7-11)20-17(21)10-23-9-12-4-5-13(18)14(19)8-12/h3-8H,9-10H2,1-2H3,(H,20,21). The molecule has 0 bridgehead atoms. The van der Waals surface area contributed by atoms with Crippen molar-refractivity contribution in [2.75, 3.05) is 18.2 Å². The number of hydrogen-bond donors (Lipinski definition) is 1. The molecule has 0 unspecified atom stereocenters. The van der Waals surface area contributed by atoms with Crippen LogP contribution in [0, 0.1) is 6.92 Å². The molecular formula is C17H17Cl2NO2S. The number of carbonyl (C=O) groups excluding carboxylic acids is 1. The molecule has 0 aliphatic heterocycles. The Balaban J connectivity index is 1.88. The minimum atomic E-state index is -0.0704. The van der Waals surface area contributed by atoms with Gasteiger partial charge in [-0.25, -0.2) is 0 Å². The molecule has 6 heteroatoms. The lowest BCUT2D eigenvalue weighted by Gasteiger charge is -2.11. The van der Waals surface area contributed by atoms with Crippen LogP contribution >= 0.6 is 35.0 Å². The van der Waals surface area contributed by atoms with Crippen LogP contribution < -0.4 is 10.1 Å². The van der Waals surface area contributed by atoms with Gasteiger partial charge in [0, 0.05) is 5.75 Å². The summed E-state index contributed by atoms with van der Waals surface area (Å²) in [6.07, 6.45) is 0. The molecule has 1 amide bonds. The molecule has 0 saturated carbocycles. The number of carbonyl (C=O) groups is 1. The SMILES string of the molecule is COc1ccc(C)cc1NC(=O)CSCc1ccc(Cl)c(Cl)c1. The highest BCUT2D eigenvalue weighted by Gasteiger charge is 2.08. The maximum Gasteiger partial charge on any atom is 0.234 e. The van der Waals surface area contributed by atoms with Crippen molar-refractivity contribution in [1.82, 2.24) is 0 Å². The van der Waals surface area contributed by atoms with Crippen LogP contribution in [0.25, 0.3) is 0 Å². The van der Waals surface area contributed by atoms with Crippen LogP contribution in [0.1, 0.15) is 11.1 Å². The first kappa shape index (κ1) is 18.0. The number of nitrogens with one attached hydrogen (secondary N) is 1. The summed E-state index contributed by atoms with van der Waals surface area (Å²) in [7, 11) is 1.58. The van der Waals surface area contributed by atoms with E-state index in [0.717, 1.165) is 11.1 Å². The van der Waals surface area contributed by atoms with Gasteiger partial charge < -0.3 is 10.1 Å². The van der Waals surface area contributed by atoms with E-state index >= 15 is 0 Å². The molecule has 122 valence electrons. The molecule has 2 aromatic rings. The number of amides is 1. The minimum Gasteiger partial charge on any atom is -0.495 e. The number of thioether (sulfide) groups is 1. The third kappa shape index (κ3) is 5.34. The average Bonchev–Trinajstić information content (AvgIpc) is 2.51. The molecule has 0 heterocycles. The van der Waals surface area contributed by atoms with Crippen LogP contribution in [0.4, 0.5) is 5.69 Å². The Morgan fingerprint density at radius 2 is 1.96 bits per heavy atom. The molecule has 0 spiro atoms. The van der Waals surface area contributed by atoms with Gasteiger partial charge in [0.25, 0.3) is 0 Å². The molecule has 0 atom stereocenters. The van der Waals surface area contributed by atoms with E-state index in [1.807, 2.05) is 37.3 Å². The summed E-state index contributed by atoms with van der Waals surface area (Å²) in [6, 6.07) is 11.2. The van der Waals surface area contributed by atoms with Crippen LogP contribution in [0.2, 0.25) is 10.0 Å². The van der Waals surface area contributed by atoms with Crippen molar-refractivity contribution >= 4 is 46.6 Å².